The molecular weight excluding hydrogens is 278 g/mol. The molecule has 0 N–H and O–H groups in total. The van der Waals surface area contributed by atoms with Gasteiger partial charge in [0, 0.05) is 6.20 Å². The van der Waals surface area contributed by atoms with Gasteiger partial charge in [-0.2, -0.15) is 5.73 Å². The van der Waals surface area contributed by atoms with Crippen molar-refractivity contribution < 1.29 is 0 Å². The van der Waals surface area contributed by atoms with Gasteiger partial charge in [-0.15, -0.1) is 0 Å². The minimum atomic E-state index is 1.04. The van der Waals surface area contributed by atoms with E-state index in [1.807, 2.05) is 6.08 Å². The molecule has 0 aliphatic carbocycles. The van der Waals surface area contributed by atoms with Crippen LogP contribution in [0.5, 0.6) is 0 Å². The molecule has 0 bridgehead atoms. The van der Waals surface area contributed by atoms with Crippen molar-refractivity contribution in [2.75, 3.05) is 0 Å². The molecule has 0 aliphatic rings. The van der Waals surface area contributed by atoms with E-state index in [0.29, 0.717) is 0 Å². The molecule has 1 heteroatoms. The molecule has 0 spiro atoms. The van der Waals surface area contributed by atoms with Crippen molar-refractivity contribution in [2.24, 2.45) is 0 Å². The van der Waals surface area contributed by atoms with E-state index in [0.717, 1.165) is 6.42 Å². The van der Waals surface area contributed by atoms with Gasteiger partial charge in [-0.25, -0.2) is 0 Å². The third-order valence-corrected chi connectivity index (χ3v) is 4.83. The zero-order valence-electron chi connectivity index (χ0n) is 16.0. The van der Waals surface area contributed by atoms with E-state index in [4.69, 9.17) is 5.73 Å². The van der Waals surface area contributed by atoms with E-state index in [-0.39, 0.29) is 0 Å². The van der Waals surface area contributed by atoms with Gasteiger partial charge in [0.2, 0.25) is 0 Å². The van der Waals surface area contributed by atoms with Crippen molar-refractivity contribution in [2.45, 2.75) is 129 Å². The summed E-state index contributed by atoms with van der Waals surface area (Å²) in [7, 11) is 0. The van der Waals surface area contributed by atoms with Gasteiger partial charge in [0.05, 0.1) is 0 Å². The van der Waals surface area contributed by atoms with E-state index in [9.17, 15) is 0 Å². The van der Waals surface area contributed by atoms with Gasteiger partial charge < -0.3 is 0 Å². The molecular formula is C22H43N. The van der Waals surface area contributed by atoms with E-state index >= 15 is 0 Å². The van der Waals surface area contributed by atoms with Crippen LogP contribution in [0.25, 0.3) is 0 Å². The number of rotatable bonds is 19. The smallest absolute Gasteiger partial charge is 0.0455 e. The molecule has 136 valence electrons. The van der Waals surface area contributed by atoms with Crippen LogP contribution in [0.1, 0.15) is 129 Å². The monoisotopic (exact) mass is 321 g/mol. The SMILES string of the molecule is CCCCCCCCCCCCCCCCCCCCC=C[N]. The summed E-state index contributed by atoms with van der Waals surface area (Å²) in [5.41, 5.74) is 8.53. The Balaban J connectivity index is 2.95. The molecule has 1 nitrogen and oxygen atoms in total. The van der Waals surface area contributed by atoms with Gasteiger partial charge in [-0.05, 0) is 12.8 Å². The minimum Gasteiger partial charge on any atom is -0.160 e. The standard InChI is InChI=1S/C22H43N/c1-2-3-4-5-6-7-8-9-10-11-12-13-14-15-16-17-18-19-20-21-22-23/h21-22H,2-20H2,1H3. The third-order valence-electron chi connectivity index (χ3n) is 4.83. The quantitative estimate of drug-likeness (QED) is 0.215. The van der Waals surface area contributed by atoms with Crippen LogP contribution in [0.4, 0.5) is 0 Å². The number of nitrogens with zero attached hydrogens (tertiary/aromatic N) is 1. The normalized spacial score (nSPS) is 11.5. The predicted octanol–water partition coefficient (Wildman–Crippen LogP) is 8.00. The van der Waals surface area contributed by atoms with E-state index < -0.39 is 0 Å². The first-order valence-electron chi connectivity index (χ1n) is 10.7. The van der Waals surface area contributed by atoms with Crippen molar-refractivity contribution in [3.63, 3.8) is 0 Å². The van der Waals surface area contributed by atoms with Gasteiger partial charge in [-0.1, -0.05) is 122 Å². The maximum absolute atomic E-state index is 8.53. The van der Waals surface area contributed by atoms with Crippen LogP contribution in [0, 0.1) is 0 Å². The second-order valence-corrected chi connectivity index (χ2v) is 7.18. The molecule has 0 unspecified atom stereocenters. The number of hydrogen-bond acceptors (Lipinski definition) is 0. The Labute approximate surface area is 147 Å². The molecule has 0 aromatic carbocycles. The molecule has 2 radical (unpaired) electrons. The van der Waals surface area contributed by atoms with Gasteiger partial charge in [0.25, 0.3) is 0 Å². The fourth-order valence-corrected chi connectivity index (χ4v) is 3.24. The van der Waals surface area contributed by atoms with Crippen molar-refractivity contribution in [1.29, 1.82) is 0 Å². The molecule has 0 rings (SSSR count). The van der Waals surface area contributed by atoms with Crippen LogP contribution in [-0.4, -0.2) is 0 Å². The lowest BCUT2D eigenvalue weighted by molar-refractivity contribution is 0.525. The second kappa shape index (κ2) is 21.5. The van der Waals surface area contributed by atoms with Crippen LogP contribution in [0.2, 0.25) is 0 Å². The Morgan fingerprint density at radius 3 is 1.09 bits per heavy atom. The highest BCUT2D eigenvalue weighted by Crippen LogP contribution is 2.14. The lowest BCUT2D eigenvalue weighted by Crippen LogP contribution is -1.84. The molecule has 0 aromatic heterocycles. The molecule has 0 aliphatic heterocycles. The summed E-state index contributed by atoms with van der Waals surface area (Å²) in [6, 6.07) is 0. The summed E-state index contributed by atoms with van der Waals surface area (Å²) in [5, 5.41) is 0. The summed E-state index contributed by atoms with van der Waals surface area (Å²) in [4.78, 5) is 0. The van der Waals surface area contributed by atoms with Crippen LogP contribution in [-0.2, 0) is 0 Å². The predicted molar refractivity (Wildman–Crippen MR) is 105 cm³/mol. The van der Waals surface area contributed by atoms with E-state index in [1.54, 1.807) is 0 Å². The molecule has 0 saturated heterocycles. The van der Waals surface area contributed by atoms with Crippen LogP contribution >= 0.6 is 0 Å². The fraction of sp³-hybridized carbons (Fsp3) is 0.909. The Morgan fingerprint density at radius 2 is 0.783 bits per heavy atom. The maximum Gasteiger partial charge on any atom is 0.0455 e. The molecule has 0 atom stereocenters. The topological polar surface area (TPSA) is 22.3 Å². The third kappa shape index (κ3) is 21.5. The zero-order valence-corrected chi connectivity index (χ0v) is 16.0. The zero-order chi connectivity index (χ0) is 16.8. The van der Waals surface area contributed by atoms with Crippen molar-refractivity contribution in [1.82, 2.24) is 5.73 Å². The average molecular weight is 322 g/mol. The van der Waals surface area contributed by atoms with Crippen molar-refractivity contribution in [3.05, 3.63) is 12.3 Å². The number of allylic oxidation sites excluding steroid dienone is 1. The van der Waals surface area contributed by atoms with Crippen molar-refractivity contribution >= 4 is 0 Å². The summed E-state index contributed by atoms with van der Waals surface area (Å²) < 4.78 is 0. The fourth-order valence-electron chi connectivity index (χ4n) is 3.24. The van der Waals surface area contributed by atoms with Crippen LogP contribution in [0.3, 0.4) is 0 Å². The van der Waals surface area contributed by atoms with Crippen LogP contribution < -0.4 is 5.73 Å². The summed E-state index contributed by atoms with van der Waals surface area (Å²) >= 11 is 0. The van der Waals surface area contributed by atoms with Gasteiger partial charge in [0.15, 0.2) is 0 Å². The number of unbranched alkanes of at least 4 members (excludes halogenated alkanes) is 18. The highest BCUT2D eigenvalue weighted by molar-refractivity contribution is 4.74. The second-order valence-electron chi connectivity index (χ2n) is 7.18. The molecule has 0 aromatic rings. The molecule has 0 heterocycles. The highest BCUT2D eigenvalue weighted by Gasteiger charge is 1.94. The van der Waals surface area contributed by atoms with Gasteiger partial charge in [0.1, 0.15) is 0 Å². The Bertz CT molecular complexity index is 222. The van der Waals surface area contributed by atoms with Gasteiger partial charge >= 0.3 is 0 Å². The largest absolute Gasteiger partial charge is 0.160 e. The lowest BCUT2D eigenvalue weighted by atomic mass is 10.0. The number of hydrogen-bond donors (Lipinski definition) is 0. The lowest BCUT2D eigenvalue weighted by Gasteiger charge is -2.03. The summed E-state index contributed by atoms with van der Waals surface area (Å²) in [5.74, 6) is 0. The Morgan fingerprint density at radius 1 is 0.478 bits per heavy atom. The van der Waals surface area contributed by atoms with E-state index in [2.05, 4.69) is 6.92 Å². The maximum atomic E-state index is 8.53. The molecule has 0 saturated carbocycles. The Hall–Kier alpha value is -0.460. The summed E-state index contributed by atoms with van der Waals surface area (Å²) in [6.07, 6.45) is 29.7. The highest BCUT2D eigenvalue weighted by atomic mass is 14.5. The van der Waals surface area contributed by atoms with E-state index in [1.165, 1.54) is 122 Å². The Kier molecular flexibility index (Phi) is 21.1. The minimum absolute atomic E-state index is 1.04. The average Bonchev–Trinajstić information content (AvgIpc) is 2.57. The molecule has 0 fully saturated rings. The van der Waals surface area contributed by atoms with Gasteiger partial charge in [-0.3, -0.25) is 0 Å². The first kappa shape index (κ1) is 22.5. The molecule has 23 heavy (non-hydrogen) atoms. The van der Waals surface area contributed by atoms with Crippen LogP contribution in [0.15, 0.2) is 12.3 Å². The van der Waals surface area contributed by atoms with Crippen molar-refractivity contribution in [3.8, 4) is 0 Å². The summed E-state index contributed by atoms with van der Waals surface area (Å²) in [6.45, 7) is 2.29. The molecule has 0 amide bonds. The first-order chi connectivity index (χ1) is 11.4. The first-order valence-corrected chi connectivity index (χ1v) is 10.7.